The first-order chi connectivity index (χ1) is 10.2. The van der Waals surface area contributed by atoms with Gasteiger partial charge in [0.2, 0.25) is 0 Å². The van der Waals surface area contributed by atoms with Gasteiger partial charge in [0.1, 0.15) is 18.9 Å². The van der Waals surface area contributed by atoms with E-state index in [0.29, 0.717) is 6.61 Å². The Labute approximate surface area is 125 Å². The average molecular weight is 281 g/mol. The molecule has 0 bridgehead atoms. The Bertz CT molecular complexity index is 716. The smallest absolute Gasteiger partial charge is 0.121 e. The van der Waals surface area contributed by atoms with Crippen molar-refractivity contribution in [3.05, 3.63) is 65.9 Å². The van der Waals surface area contributed by atoms with Crippen molar-refractivity contribution in [3.8, 4) is 5.75 Å². The molecule has 2 N–H and O–H groups in total. The van der Waals surface area contributed by atoms with Crippen molar-refractivity contribution in [2.24, 2.45) is 0 Å². The van der Waals surface area contributed by atoms with Gasteiger partial charge >= 0.3 is 0 Å². The standard InChI is InChI=1S/C18H20N2O/c1-20(2)12-15-11-19-18-10-16(8-9-17(15)18)21-13-14-6-4-3-5-7-14/h3-11,19H,12-13H2,1-2H3/p+1. The minimum Gasteiger partial charge on any atom is -0.489 e. The van der Waals surface area contributed by atoms with Gasteiger partial charge < -0.3 is 14.6 Å². The van der Waals surface area contributed by atoms with Gasteiger partial charge in [-0.15, -0.1) is 0 Å². The monoisotopic (exact) mass is 281 g/mol. The topological polar surface area (TPSA) is 29.5 Å². The summed E-state index contributed by atoms with van der Waals surface area (Å²) in [4.78, 5) is 4.76. The molecule has 3 heteroatoms. The van der Waals surface area contributed by atoms with Crippen molar-refractivity contribution >= 4 is 10.9 Å². The number of hydrogen-bond acceptors (Lipinski definition) is 1. The van der Waals surface area contributed by atoms with E-state index in [1.165, 1.54) is 21.4 Å². The van der Waals surface area contributed by atoms with E-state index < -0.39 is 0 Å². The minimum atomic E-state index is 0.599. The van der Waals surface area contributed by atoms with E-state index in [2.05, 4.69) is 49.5 Å². The van der Waals surface area contributed by atoms with Crippen LogP contribution in [0.4, 0.5) is 0 Å². The van der Waals surface area contributed by atoms with Crippen molar-refractivity contribution in [1.29, 1.82) is 0 Å². The summed E-state index contributed by atoms with van der Waals surface area (Å²) in [7, 11) is 4.33. The lowest BCUT2D eigenvalue weighted by atomic mass is 10.1. The third-order valence-corrected chi connectivity index (χ3v) is 3.53. The fraction of sp³-hybridized carbons (Fsp3) is 0.222. The van der Waals surface area contributed by atoms with Crippen LogP contribution in [0.3, 0.4) is 0 Å². The number of aromatic nitrogens is 1. The molecular weight excluding hydrogens is 260 g/mol. The summed E-state index contributed by atoms with van der Waals surface area (Å²) in [5.41, 5.74) is 3.66. The normalized spacial score (nSPS) is 11.2. The number of nitrogens with one attached hydrogen (secondary N) is 2. The summed E-state index contributed by atoms with van der Waals surface area (Å²) in [6.45, 7) is 1.62. The van der Waals surface area contributed by atoms with Crippen LogP contribution in [0.1, 0.15) is 11.1 Å². The Morgan fingerprint density at radius 1 is 1.05 bits per heavy atom. The van der Waals surface area contributed by atoms with Gasteiger partial charge in [-0.05, 0) is 17.7 Å². The Kier molecular flexibility index (Phi) is 3.93. The third kappa shape index (κ3) is 3.26. The van der Waals surface area contributed by atoms with Crippen LogP contribution in [0.5, 0.6) is 5.75 Å². The molecule has 3 rings (SSSR count). The molecule has 2 aromatic carbocycles. The Balaban J connectivity index is 1.75. The average Bonchev–Trinajstić information content (AvgIpc) is 2.88. The lowest BCUT2D eigenvalue weighted by Gasteiger charge is -2.07. The van der Waals surface area contributed by atoms with E-state index in [4.69, 9.17) is 4.74 Å². The maximum atomic E-state index is 5.87. The molecule has 0 radical (unpaired) electrons. The van der Waals surface area contributed by atoms with E-state index in [-0.39, 0.29) is 0 Å². The van der Waals surface area contributed by atoms with Gasteiger partial charge in [-0.3, -0.25) is 0 Å². The molecule has 108 valence electrons. The van der Waals surface area contributed by atoms with Crippen molar-refractivity contribution in [1.82, 2.24) is 4.98 Å². The molecular formula is C18H21N2O+. The lowest BCUT2D eigenvalue weighted by Crippen LogP contribution is -3.04. The fourth-order valence-corrected chi connectivity index (χ4v) is 2.52. The number of aromatic amines is 1. The van der Waals surface area contributed by atoms with Crippen LogP contribution >= 0.6 is 0 Å². The SMILES string of the molecule is C[NH+](C)Cc1c[nH]c2cc(OCc3ccccc3)ccc12. The molecule has 0 unspecified atom stereocenters. The van der Waals surface area contributed by atoms with Crippen molar-refractivity contribution < 1.29 is 9.64 Å². The second-order valence-corrected chi connectivity index (χ2v) is 5.68. The first-order valence-electron chi connectivity index (χ1n) is 7.28. The number of H-pyrrole nitrogens is 1. The van der Waals surface area contributed by atoms with E-state index >= 15 is 0 Å². The van der Waals surface area contributed by atoms with Crippen LogP contribution in [-0.2, 0) is 13.2 Å². The summed E-state index contributed by atoms with van der Waals surface area (Å²) in [5.74, 6) is 0.900. The molecule has 21 heavy (non-hydrogen) atoms. The molecule has 0 amide bonds. The highest BCUT2D eigenvalue weighted by Gasteiger charge is 2.07. The molecule has 0 saturated heterocycles. The second-order valence-electron chi connectivity index (χ2n) is 5.68. The molecule has 0 aliphatic carbocycles. The van der Waals surface area contributed by atoms with Gasteiger partial charge in [-0.1, -0.05) is 30.3 Å². The summed E-state index contributed by atoms with van der Waals surface area (Å²) >= 11 is 0. The maximum absolute atomic E-state index is 5.87. The highest BCUT2D eigenvalue weighted by atomic mass is 16.5. The van der Waals surface area contributed by atoms with E-state index in [1.54, 1.807) is 0 Å². The van der Waals surface area contributed by atoms with Crippen molar-refractivity contribution in [2.45, 2.75) is 13.2 Å². The van der Waals surface area contributed by atoms with Crippen LogP contribution in [0, 0.1) is 0 Å². The number of fused-ring (bicyclic) bond motifs is 1. The summed E-state index contributed by atoms with van der Waals surface area (Å²) in [6, 6.07) is 16.5. The van der Waals surface area contributed by atoms with Crippen LogP contribution in [0.2, 0.25) is 0 Å². The maximum Gasteiger partial charge on any atom is 0.121 e. The van der Waals surface area contributed by atoms with Crippen molar-refractivity contribution in [3.63, 3.8) is 0 Å². The Morgan fingerprint density at radius 2 is 1.86 bits per heavy atom. The van der Waals surface area contributed by atoms with Crippen LogP contribution in [0.15, 0.2) is 54.7 Å². The van der Waals surface area contributed by atoms with E-state index in [1.807, 2.05) is 24.3 Å². The van der Waals surface area contributed by atoms with Crippen LogP contribution in [-0.4, -0.2) is 19.1 Å². The van der Waals surface area contributed by atoms with Gasteiger partial charge in [0.25, 0.3) is 0 Å². The summed E-state index contributed by atoms with van der Waals surface area (Å²) < 4.78 is 5.87. The summed E-state index contributed by atoms with van der Waals surface area (Å²) in [5, 5.41) is 1.28. The van der Waals surface area contributed by atoms with Crippen molar-refractivity contribution in [2.75, 3.05) is 14.1 Å². The molecule has 3 aromatic rings. The highest BCUT2D eigenvalue weighted by Crippen LogP contribution is 2.23. The van der Waals surface area contributed by atoms with Gasteiger partial charge in [-0.2, -0.15) is 0 Å². The lowest BCUT2D eigenvalue weighted by molar-refractivity contribution is -0.872. The third-order valence-electron chi connectivity index (χ3n) is 3.53. The largest absolute Gasteiger partial charge is 0.489 e. The van der Waals surface area contributed by atoms with Gasteiger partial charge in [0, 0.05) is 28.7 Å². The van der Waals surface area contributed by atoms with E-state index in [9.17, 15) is 0 Å². The Hall–Kier alpha value is -2.26. The Morgan fingerprint density at radius 3 is 2.62 bits per heavy atom. The number of benzene rings is 2. The minimum absolute atomic E-state index is 0.599. The number of rotatable bonds is 5. The van der Waals surface area contributed by atoms with Gasteiger partial charge in [0.05, 0.1) is 14.1 Å². The fourth-order valence-electron chi connectivity index (χ4n) is 2.52. The molecule has 0 fully saturated rings. The molecule has 0 aliphatic heterocycles. The highest BCUT2D eigenvalue weighted by molar-refractivity contribution is 5.84. The predicted molar refractivity (Wildman–Crippen MR) is 85.6 cm³/mol. The quantitative estimate of drug-likeness (QED) is 0.739. The van der Waals surface area contributed by atoms with Gasteiger partial charge in [0.15, 0.2) is 0 Å². The molecule has 3 nitrogen and oxygen atoms in total. The zero-order valence-electron chi connectivity index (χ0n) is 12.5. The zero-order chi connectivity index (χ0) is 14.7. The molecule has 1 heterocycles. The predicted octanol–water partition coefficient (Wildman–Crippen LogP) is 2.39. The van der Waals surface area contributed by atoms with Crippen LogP contribution in [0.25, 0.3) is 10.9 Å². The molecule has 0 saturated carbocycles. The number of ether oxygens (including phenoxy) is 1. The van der Waals surface area contributed by atoms with E-state index in [0.717, 1.165) is 17.8 Å². The number of quaternary nitrogens is 1. The molecule has 0 atom stereocenters. The summed E-state index contributed by atoms with van der Waals surface area (Å²) in [6.07, 6.45) is 2.10. The second kappa shape index (κ2) is 6.02. The molecule has 0 spiro atoms. The first kappa shape index (κ1) is 13.7. The van der Waals surface area contributed by atoms with Crippen LogP contribution < -0.4 is 9.64 Å². The zero-order valence-corrected chi connectivity index (χ0v) is 12.5. The molecule has 0 aliphatic rings. The first-order valence-corrected chi connectivity index (χ1v) is 7.28. The molecule has 1 aromatic heterocycles. The van der Waals surface area contributed by atoms with Gasteiger partial charge in [-0.25, -0.2) is 0 Å². The number of hydrogen-bond donors (Lipinski definition) is 2.